The average molecular weight is 459 g/mol. The van der Waals surface area contributed by atoms with E-state index >= 15 is 0 Å². The molecule has 1 unspecified atom stereocenters. The van der Waals surface area contributed by atoms with Gasteiger partial charge in [0.15, 0.2) is 10.9 Å². The third kappa shape index (κ3) is 5.41. The first kappa shape index (κ1) is 21.7. The van der Waals surface area contributed by atoms with Crippen LogP contribution in [0.25, 0.3) is 5.69 Å². The van der Waals surface area contributed by atoms with Crippen molar-refractivity contribution in [3.8, 4) is 5.69 Å². The van der Waals surface area contributed by atoms with E-state index in [1.54, 1.807) is 16.8 Å². The number of aromatic nitrogens is 5. The van der Waals surface area contributed by atoms with Crippen LogP contribution >= 0.6 is 23.4 Å². The van der Waals surface area contributed by atoms with Gasteiger partial charge in [-0.15, -0.1) is 5.10 Å². The van der Waals surface area contributed by atoms with E-state index in [9.17, 15) is 4.79 Å². The van der Waals surface area contributed by atoms with Crippen molar-refractivity contribution in [1.82, 2.24) is 30.3 Å². The Balaban J connectivity index is 1.59. The van der Waals surface area contributed by atoms with Crippen LogP contribution in [0, 0.1) is 13.8 Å². The minimum absolute atomic E-state index is 0.0526. The maximum Gasteiger partial charge on any atom is 0.273 e. The second kappa shape index (κ2) is 9.76. The molecule has 1 aliphatic heterocycles. The van der Waals surface area contributed by atoms with E-state index in [0.717, 1.165) is 36.5 Å². The number of benzene rings is 1. The Labute approximate surface area is 189 Å². The fraction of sp³-hybridized carbons (Fsp3) is 0.381. The van der Waals surface area contributed by atoms with Gasteiger partial charge in [0.25, 0.3) is 5.91 Å². The number of hydrogen-bond donors (Lipinski definition) is 1. The number of nitrogens with zero attached hydrogens (tertiary/aromatic N) is 5. The van der Waals surface area contributed by atoms with Crippen LogP contribution in [0.3, 0.4) is 0 Å². The Morgan fingerprint density at radius 1 is 1.26 bits per heavy atom. The quantitative estimate of drug-likeness (QED) is 0.427. The summed E-state index contributed by atoms with van der Waals surface area (Å²) in [6, 6.07) is 9.16. The van der Waals surface area contributed by atoms with Gasteiger partial charge in [0.2, 0.25) is 0 Å². The lowest BCUT2D eigenvalue weighted by atomic mass is 10.2. The molecular formula is C21H23ClN6O2S. The number of thioether (sulfide) groups is 1. The highest BCUT2D eigenvalue weighted by molar-refractivity contribution is 7.98. The Kier molecular flexibility index (Phi) is 6.84. The van der Waals surface area contributed by atoms with Crippen LogP contribution in [0.4, 0.5) is 0 Å². The predicted octanol–water partition coefficient (Wildman–Crippen LogP) is 3.53. The Morgan fingerprint density at radius 3 is 2.68 bits per heavy atom. The number of amides is 1. The van der Waals surface area contributed by atoms with Gasteiger partial charge in [-0.3, -0.25) is 4.79 Å². The second-order valence-electron chi connectivity index (χ2n) is 7.34. The van der Waals surface area contributed by atoms with E-state index in [1.165, 1.54) is 11.8 Å². The van der Waals surface area contributed by atoms with Crippen molar-refractivity contribution < 1.29 is 9.53 Å². The van der Waals surface area contributed by atoms with Crippen LogP contribution in [0.1, 0.15) is 40.4 Å². The molecule has 10 heteroatoms. The van der Waals surface area contributed by atoms with Gasteiger partial charge < -0.3 is 10.1 Å². The minimum atomic E-state index is -0.271. The highest BCUT2D eigenvalue weighted by atomic mass is 35.5. The molecule has 4 rings (SSSR count). The van der Waals surface area contributed by atoms with E-state index < -0.39 is 0 Å². The maximum absolute atomic E-state index is 12.9. The molecule has 1 amide bonds. The largest absolute Gasteiger partial charge is 0.376 e. The monoisotopic (exact) mass is 458 g/mol. The first-order valence-electron chi connectivity index (χ1n) is 10.0. The zero-order valence-corrected chi connectivity index (χ0v) is 18.9. The normalized spacial score (nSPS) is 15.9. The Bertz CT molecular complexity index is 1050. The molecule has 3 aromatic rings. The van der Waals surface area contributed by atoms with Crippen molar-refractivity contribution in [3.05, 3.63) is 58.1 Å². The lowest BCUT2D eigenvalue weighted by Gasteiger charge is -2.11. The number of aryl methyl sites for hydroxylation is 2. The molecule has 2 aromatic heterocycles. The smallest absolute Gasteiger partial charge is 0.273 e. The molecule has 3 heterocycles. The number of hydrogen-bond acceptors (Lipinski definition) is 7. The molecule has 0 saturated carbocycles. The number of rotatable bonds is 7. The molecule has 162 valence electrons. The first-order chi connectivity index (χ1) is 15.0. The topological polar surface area (TPSA) is 94.8 Å². The first-order valence-corrected chi connectivity index (χ1v) is 11.4. The van der Waals surface area contributed by atoms with Crippen molar-refractivity contribution >= 4 is 29.3 Å². The molecule has 1 N–H and O–H groups in total. The minimum Gasteiger partial charge on any atom is -0.376 e. The summed E-state index contributed by atoms with van der Waals surface area (Å²) in [6.07, 6.45) is 2.02. The molecule has 1 saturated heterocycles. The van der Waals surface area contributed by atoms with Crippen LogP contribution < -0.4 is 5.32 Å². The summed E-state index contributed by atoms with van der Waals surface area (Å²) in [5, 5.41) is 12.6. The van der Waals surface area contributed by atoms with Gasteiger partial charge in [-0.2, -0.15) is 0 Å². The second-order valence-corrected chi connectivity index (χ2v) is 8.72. The summed E-state index contributed by atoms with van der Waals surface area (Å²) in [7, 11) is 0. The SMILES string of the molecule is Cc1cc(C)nc(SCc2c(C(=O)NCC3CCCO3)nnn2-c2ccc(Cl)cc2)n1. The Morgan fingerprint density at radius 2 is 2.00 bits per heavy atom. The van der Waals surface area contributed by atoms with Crippen molar-refractivity contribution in [2.45, 2.75) is 43.7 Å². The summed E-state index contributed by atoms with van der Waals surface area (Å²) < 4.78 is 7.25. The van der Waals surface area contributed by atoms with Gasteiger partial charge in [0, 0.05) is 35.3 Å². The molecule has 0 radical (unpaired) electrons. The van der Waals surface area contributed by atoms with Gasteiger partial charge in [0.05, 0.1) is 17.5 Å². The molecule has 0 bridgehead atoms. The third-order valence-corrected chi connectivity index (χ3v) is 5.97. The van der Waals surface area contributed by atoms with Crippen LogP contribution in [0.5, 0.6) is 0 Å². The predicted molar refractivity (Wildman–Crippen MR) is 119 cm³/mol. The lowest BCUT2D eigenvalue weighted by Crippen LogP contribution is -2.32. The highest BCUT2D eigenvalue weighted by Gasteiger charge is 2.23. The van der Waals surface area contributed by atoms with Crippen molar-refractivity contribution in [1.29, 1.82) is 0 Å². The number of carbonyl (C=O) groups excluding carboxylic acids is 1. The van der Waals surface area contributed by atoms with Crippen molar-refractivity contribution in [2.75, 3.05) is 13.2 Å². The van der Waals surface area contributed by atoms with Crippen LogP contribution in [0.15, 0.2) is 35.5 Å². The summed E-state index contributed by atoms with van der Waals surface area (Å²) in [5.41, 5.74) is 3.51. The van der Waals surface area contributed by atoms with Gasteiger partial charge >= 0.3 is 0 Å². The Hall–Kier alpha value is -2.49. The molecule has 0 aliphatic carbocycles. The molecule has 0 spiro atoms. The van der Waals surface area contributed by atoms with Gasteiger partial charge in [-0.1, -0.05) is 28.6 Å². The number of carbonyl (C=O) groups is 1. The van der Waals surface area contributed by atoms with Gasteiger partial charge in [-0.05, 0) is 57.0 Å². The van der Waals surface area contributed by atoms with E-state index in [4.69, 9.17) is 16.3 Å². The zero-order chi connectivity index (χ0) is 21.8. The van der Waals surface area contributed by atoms with E-state index in [0.29, 0.717) is 28.2 Å². The van der Waals surface area contributed by atoms with Crippen molar-refractivity contribution in [3.63, 3.8) is 0 Å². The summed E-state index contributed by atoms with van der Waals surface area (Å²) in [4.78, 5) is 21.9. The van der Waals surface area contributed by atoms with E-state index in [-0.39, 0.29) is 17.7 Å². The fourth-order valence-corrected chi connectivity index (χ4v) is 4.45. The molecule has 1 aliphatic rings. The highest BCUT2D eigenvalue weighted by Crippen LogP contribution is 2.24. The maximum atomic E-state index is 12.9. The average Bonchev–Trinajstić information content (AvgIpc) is 3.40. The molecular weight excluding hydrogens is 436 g/mol. The van der Waals surface area contributed by atoms with Crippen LogP contribution in [-0.4, -0.2) is 50.1 Å². The molecule has 8 nitrogen and oxygen atoms in total. The van der Waals surface area contributed by atoms with Gasteiger partial charge in [0.1, 0.15) is 0 Å². The number of nitrogens with one attached hydrogen (secondary N) is 1. The fourth-order valence-electron chi connectivity index (χ4n) is 3.38. The molecule has 1 atom stereocenters. The van der Waals surface area contributed by atoms with E-state index in [2.05, 4.69) is 25.6 Å². The lowest BCUT2D eigenvalue weighted by molar-refractivity contribution is 0.0853. The summed E-state index contributed by atoms with van der Waals surface area (Å²) >= 11 is 7.47. The molecule has 1 aromatic carbocycles. The third-order valence-electron chi connectivity index (χ3n) is 4.86. The molecule has 1 fully saturated rings. The number of halogens is 1. The van der Waals surface area contributed by atoms with Gasteiger partial charge in [-0.25, -0.2) is 14.6 Å². The zero-order valence-electron chi connectivity index (χ0n) is 17.3. The van der Waals surface area contributed by atoms with E-state index in [1.807, 2.05) is 32.0 Å². The van der Waals surface area contributed by atoms with Crippen LogP contribution in [0.2, 0.25) is 5.02 Å². The summed E-state index contributed by atoms with van der Waals surface area (Å²) in [5.74, 6) is 0.161. The molecule has 31 heavy (non-hydrogen) atoms. The van der Waals surface area contributed by atoms with Crippen LogP contribution in [-0.2, 0) is 10.5 Å². The summed E-state index contributed by atoms with van der Waals surface area (Å²) in [6.45, 7) is 5.06. The standard InChI is InChI=1S/C21H23ClN6O2S/c1-13-10-14(2)25-21(24-13)31-12-18-19(20(29)23-11-17-4-3-9-30-17)26-27-28(18)16-7-5-15(22)6-8-16/h5-8,10,17H,3-4,9,11-12H2,1-2H3,(H,23,29). The van der Waals surface area contributed by atoms with Crippen molar-refractivity contribution in [2.24, 2.45) is 0 Å². The number of ether oxygens (including phenoxy) is 1.